The van der Waals surface area contributed by atoms with E-state index in [9.17, 15) is 14.4 Å². The maximum atomic E-state index is 13.1. The first kappa shape index (κ1) is 21.4. The number of hydrogen-bond acceptors (Lipinski definition) is 4. The van der Waals surface area contributed by atoms with E-state index in [2.05, 4.69) is 31.9 Å². The van der Waals surface area contributed by atoms with E-state index in [-0.39, 0.29) is 61.5 Å². The lowest BCUT2D eigenvalue weighted by atomic mass is 9.81. The Morgan fingerprint density at radius 3 is 2.06 bits per heavy atom. The van der Waals surface area contributed by atoms with Crippen molar-refractivity contribution in [3.63, 3.8) is 0 Å². The van der Waals surface area contributed by atoms with Crippen molar-refractivity contribution in [3.8, 4) is 5.75 Å². The van der Waals surface area contributed by atoms with Crippen molar-refractivity contribution in [1.82, 2.24) is 0 Å². The van der Waals surface area contributed by atoms with E-state index < -0.39 is 5.97 Å². The number of alkyl halides is 2. The van der Waals surface area contributed by atoms with Gasteiger partial charge in [-0.3, -0.25) is 14.5 Å². The third-order valence-electron chi connectivity index (χ3n) is 6.44. The summed E-state index contributed by atoms with van der Waals surface area (Å²) < 4.78 is 5.37. The van der Waals surface area contributed by atoms with Crippen LogP contribution in [0.4, 0.5) is 5.69 Å². The van der Waals surface area contributed by atoms with Gasteiger partial charge in [-0.05, 0) is 60.7 Å². The molecule has 6 atom stereocenters. The maximum absolute atomic E-state index is 13.1. The molecule has 1 saturated heterocycles. The monoisotopic (exact) mass is 585 g/mol. The van der Waals surface area contributed by atoms with Crippen LogP contribution >= 0.6 is 55.1 Å². The van der Waals surface area contributed by atoms with Crippen molar-refractivity contribution in [2.45, 2.75) is 16.1 Å². The lowest BCUT2D eigenvalue weighted by molar-refractivity contribution is -0.123. The molecule has 3 aliphatic rings. The average Bonchev–Trinajstić information content (AvgIpc) is 3.33. The second kappa shape index (κ2) is 7.87. The van der Waals surface area contributed by atoms with Crippen molar-refractivity contribution in [2.75, 3.05) is 4.90 Å². The Hall–Kier alpha value is -1.41. The molecule has 5 rings (SSSR count). The van der Waals surface area contributed by atoms with Crippen LogP contribution in [-0.2, 0) is 9.59 Å². The van der Waals surface area contributed by atoms with Crippen LogP contribution in [0.3, 0.4) is 0 Å². The van der Waals surface area contributed by atoms with Crippen LogP contribution in [0, 0.1) is 23.7 Å². The summed E-state index contributed by atoms with van der Waals surface area (Å²) >= 11 is 19.3. The molecule has 2 aromatic rings. The minimum atomic E-state index is -0.624. The largest absolute Gasteiger partial charge is 0.423 e. The Morgan fingerprint density at radius 2 is 1.52 bits per heavy atom. The molecule has 1 aliphatic heterocycles. The molecule has 9 heteroatoms. The van der Waals surface area contributed by atoms with E-state index >= 15 is 0 Å². The first-order chi connectivity index (χ1) is 14.8. The fourth-order valence-corrected chi connectivity index (χ4v) is 7.44. The average molecular weight is 588 g/mol. The summed E-state index contributed by atoms with van der Waals surface area (Å²) in [5.41, 5.74) is 0.669. The molecular weight excluding hydrogens is 573 g/mol. The smallest absolute Gasteiger partial charge is 0.345 e. The van der Waals surface area contributed by atoms with Crippen molar-refractivity contribution >= 4 is 78.5 Å². The zero-order chi connectivity index (χ0) is 22.0. The molecule has 2 aromatic carbocycles. The highest BCUT2D eigenvalue weighted by molar-refractivity contribution is 9.12. The van der Waals surface area contributed by atoms with Gasteiger partial charge in [-0.15, -0.1) is 0 Å². The third-order valence-corrected chi connectivity index (χ3v) is 10.2. The Kier molecular flexibility index (Phi) is 5.44. The van der Waals surface area contributed by atoms with E-state index in [1.807, 2.05) is 0 Å². The van der Waals surface area contributed by atoms with Crippen LogP contribution in [0.2, 0.25) is 10.0 Å². The topological polar surface area (TPSA) is 63.7 Å². The Labute approximate surface area is 205 Å². The number of carbonyl (C=O) groups is 3. The predicted molar refractivity (Wildman–Crippen MR) is 124 cm³/mol. The van der Waals surface area contributed by atoms with Gasteiger partial charge in [0.1, 0.15) is 5.75 Å². The second-order valence-electron chi connectivity index (χ2n) is 8.02. The Balaban J connectivity index is 1.34. The number of rotatable bonds is 3. The Bertz CT molecular complexity index is 1080. The fraction of sp³-hybridized carbons (Fsp3) is 0.318. The predicted octanol–water partition coefficient (Wildman–Crippen LogP) is 5.49. The highest BCUT2D eigenvalue weighted by atomic mass is 79.9. The number of esters is 1. The van der Waals surface area contributed by atoms with Crippen LogP contribution < -0.4 is 9.64 Å². The SMILES string of the molecule is O=C(Oc1ccc(N2C(=O)[C@@H]3[C@H]4C[C@H]([C@H](Br)[C@@H]4Br)[C@@H]3C2=O)cc1)c1ccc(Cl)cc1Cl. The highest BCUT2D eigenvalue weighted by Crippen LogP contribution is 2.60. The third kappa shape index (κ3) is 3.36. The molecule has 160 valence electrons. The molecular formula is C22H15Br2Cl2NO4. The van der Waals surface area contributed by atoms with Gasteiger partial charge in [0.15, 0.2) is 0 Å². The van der Waals surface area contributed by atoms with Crippen molar-refractivity contribution in [1.29, 1.82) is 0 Å². The molecule has 0 N–H and O–H groups in total. The van der Waals surface area contributed by atoms with Gasteiger partial charge < -0.3 is 4.74 Å². The molecule has 3 fully saturated rings. The van der Waals surface area contributed by atoms with E-state index in [4.69, 9.17) is 27.9 Å². The number of ether oxygens (including phenoxy) is 1. The second-order valence-corrected chi connectivity index (χ2v) is 11.0. The van der Waals surface area contributed by atoms with Gasteiger partial charge in [0, 0.05) is 14.7 Å². The zero-order valence-corrected chi connectivity index (χ0v) is 20.5. The number of anilines is 1. The van der Waals surface area contributed by atoms with E-state index in [1.54, 1.807) is 30.3 Å². The summed E-state index contributed by atoms with van der Waals surface area (Å²) in [5.74, 6) is -0.885. The molecule has 5 nitrogen and oxygen atoms in total. The molecule has 2 bridgehead atoms. The quantitative estimate of drug-likeness (QED) is 0.206. The molecule has 1 heterocycles. The number of nitrogens with zero attached hydrogens (tertiary/aromatic N) is 1. The Morgan fingerprint density at radius 1 is 0.935 bits per heavy atom. The van der Waals surface area contributed by atoms with Crippen molar-refractivity contribution in [2.24, 2.45) is 23.7 Å². The number of benzene rings is 2. The summed E-state index contributed by atoms with van der Waals surface area (Å²) in [6, 6.07) is 10.8. The minimum absolute atomic E-state index is 0.149. The number of amides is 2. The minimum Gasteiger partial charge on any atom is -0.423 e. The number of fused-ring (bicyclic) bond motifs is 5. The number of hydrogen-bond donors (Lipinski definition) is 0. The van der Waals surface area contributed by atoms with Gasteiger partial charge in [0.2, 0.25) is 11.8 Å². The normalized spacial score (nSPS) is 31.3. The standard InChI is InChI=1S/C22H15Br2Cl2NO4/c23-18-13-8-14(19(18)24)17-16(13)20(28)27(21(17)29)10-2-4-11(5-3-10)31-22(30)12-6-1-9(25)7-15(12)26/h1-7,13-14,16-19H,8H2/t13-,14+,16-,17+,18-,19+. The fourth-order valence-electron chi connectivity index (χ4n) is 5.08. The van der Waals surface area contributed by atoms with Gasteiger partial charge >= 0.3 is 5.97 Å². The molecule has 31 heavy (non-hydrogen) atoms. The molecule has 0 spiro atoms. The van der Waals surface area contributed by atoms with E-state index in [0.717, 1.165) is 6.42 Å². The van der Waals surface area contributed by atoms with E-state index in [0.29, 0.717) is 10.7 Å². The van der Waals surface area contributed by atoms with Crippen LogP contribution in [0.5, 0.6) is 5.75 Å². The molecule has 0 aromatic heterocycles. The number of imide groups is 1. The lowest BCUT2D eigenvalue weighted by Crippen LogP contribution is -2.37. The molecule has 2 amide bonds. The maximum Gasteiger partial charge on any atom is 0.345 e. The molecule has 2 saturated carbocycles. The van der Waals surface area contributed by atoms with Gasteiger partial charge in [-0.1, -0.05) is 55.1 Å². The first-order valence-corrected chi connectivity index (χ1v) is 12.3. The molecule has 2 aliphatic carbocycles. The summed E-state index contributed by atoms with van der Waals surface area (Å²) in [5, 5.41) is 0.611. The van der Waals surface area contributed by atoms with Crippen LogP contribution in [0.15, 0.2) is 42.5 Å². The molecule has 0 unspecified atom stereocenters. The summed E-state index contributed by atoms with van der Waals surface area (Å²) in [6.07, 6.45) is 0.884. The zero-order valence-electron chi connectivity index (χ0n) is 15.8. The summed E-state index contributed by atoms with van der Waals surface area (Å²) in [4.78, 5) is 40.3. The van der Waals surface area contributed by atoms with E-state index in [1.165, 1.54) is 17.0 Å². The summed E-state index contributed by atoms with van der Waals surface area (Å²) in [7, 11) is 0. The van der Waals surface area contributed by atoms with Crippen molar-refractivity contribution < 1.29 is 19.1 Å². The van der Waals surface area contributed by atoms with Crippen LogP contribution in [0.1, 0.15) is 16.8 Å². The van der Waals surface area contributed by atoms with Gasteiger partial charge in [0.25, 0.3) is 0 Å². The molecule has 0 radical (unpaired) electrons. The number of carbonyl (C=O) groups excluding carboxylic acids is 3. The van der Waals surface area contributed by atoms with Gasteiger partial charge in [-0.25, -0.2) is 4.79 Å². The van der Waals surface area contributed by atoms with Crippen LogP contribution in [-0.4, -0.2) is 27.4 Å². The van der Waals surface area contributed by atoms with Crippen molar-refractivity contribution in [3.05, 3.63) is 58.1 Å². The number of halogens is 4. The van der Waals surface area contributed by atoms with Crippen LogP contribution in [0.25, 0.3) is 0 Å². The first-order valence-electron chi connectivity index (χ1n) is 9.71. The summed E-state index contributed by atoms with van der Waals surface area (Å²) in [6.45, 7) is 0. The highest BCUT2D eigenvalue weighted by Gasteiger charge is 2.66. The lowest BCUT2D eigenvalue weighted by Gasteiger charge is -2.28. The van der Waals surface area contributed by atoms with Gasteiger partial charge in [0.05, 0.1) is 28.1 Å². The van der Waals surface area contributed by atoms with Gasteiger partial charge in [-0.2, -0.15) is 0 Å².